The number of hydrogen-bond donors (Lipinski definition) is 2. The highest BCUT2D eigenvalue weighted by atomic mass is 32.2. The van der Waals surface area contributed by atoms with Crippen LogP contribution in [0.5, 0.6) is 0 Å². The van der Waals surface area contributed by atoms with Crippen molar-refractivity contribution in [2.75, 3.05) is 5.32 Å². The number of benzene rings is 1. The molecule has 0 radical (unpaired) electrons. The van der Waals surface area contributed by atoms with Crippen molar-refractivity contribution < 1.29 is 18.7 Å². The minimum absolute atomic E-state index is 0.238. The van der Waals surface area contributed by atoms with E-state index in [0.717, 1.165) is 4.88 Å². The molecule has 0 aliphatic carbocycles. The molecule has 3 nitrogen and oxygen atoms in total. The summed E-state index contributed by atoms with van der Waals surface area (Å²) in [6.45, 7) is 0.402. The summed E-state index contributed by atoms with van der Waals surface area (Å²) < 4.78 is 24.9. The number of thiophene rings is 1. The largest absolute Gasteiger partial charge is 0.478 e. The molecule has 0 atom stereocenters. The van der Waals surface area contributed by atoms with E-state index in [-0.39, 0.29) is 5.56 Å². The molecule has 0 aliphatic rings. The van der Waals surface area contributed by atoms with E-state index in [1.807, 2.05) is 0 Å². The van der Waals surface area contributed by atoms with Gasteiger partial charge in [0.1, 0.15) is 0 Å². The number of carboxylic acid groups (broad SMARTS) is 1. The summed E-state index contributed by atoms with van der Waals surface area (Å²) in [6, 6.07) is 8.37. The van der Waals surface area contributed by atoms with E-state index in [4.69, 9.17) is 5.11 Å². The van der Waals surface area contributed by atoms with Gasteiger partial charge in [-0.25, -0.2) is 4.79 Å². The zero-order valence-corrected chi connectivity index (χ0v) is 11.8. The summed E-state index contributed by atoms with van der Waals surface area (Å²) in [5.41, 5.74) is 0.852. The number of rotatable bonds is 6. The van der Waals surface area contributed by atoms with Crippen molar-refractivity contribution in [1.29, 1.82) is 0 Å². The molecule has 0 amide bonds. The van der Waals surface area contributed by atoms with Crippen molar-refractivity contribution in [2.24, 2.45) is 0 Å². The molecule has 0 saturated carbocycles. The molecule has 0 bridgehead atoms. The van der Waals surface area contributed by atoms with Crippen LogP contribution in [0.2, 0.25) is 0 Å². The van der Waals surface area contributed by atoms with Gasteiger partial charge in [0.15, 0.2) is 0 Å². The maximum absolute atomic E-state index is 12.4. The molecule has 0 spiro atoms. The zero-order chi connectivity index (χ0) is 14.5. The van der Waals surface area contributed by atoms with E-state index in [9.17, 15) is 13.6 Å². The fourth-order valence-corrected chi connectivity index (χ4v) is 2.99. The molecule has 0 unspecified atom stereocenters. The number of thioether (sulfide) groups is 1. The first-order valence-electron chi connectivity index (χ1n) is 5.64. The van der Waals surface area contributed by atoms with Gasteiger partial charge in [0.05, 0.1) is 5.56 Å². The van der Waals surface area contributed by atoms with Crippen molar-refractivity contribution >= 4 is 34.8 Å². The average Bonchev–Trinajstić information content (AvgIpc) is 2.86. The maximum atomic E-state index is 12.4. The molecule has 1 aromatic heterocycles. The lowest BCUT2D eigenvalue weighted by molar-refractivity contribution is 0.0697. The summed E-state index contributed by atoms with van der Waals surface area (Å²) >= 11 is 1.80. The molecule has 2 N–H and O–H groups in total. The van der Waals surface area contributed by atoms with Crippen LogP contribution >= 0.6 is 23.1 Å². The summed E-state index contributed by atoms with van der Waals surface area (Å²) in [5.74, 6) is -3.44. The molecule has 2 rings (SSSR count). The second-order valence-electron chi connectivity index (χ2n) is 3.84. The van der Waals surface area contributed by atoms with Gasteiger partial charge in [-0.15, -0.1) is 11.3 Å². The van der Waals surface area contributed by atoms with E-state index in [1.165, 1.54) is 11.3 Å². The Balaban J connectivity index is 2.04. The lowest BCUT2D eigenvalue weighted by atomic mass is 10.3. The molecule has 1 heterocycles. The van der Waals surface area contributed by atoms with Gasteiger partial charge >= 0.3 is 5.97 Å². The Bertz CT molecular complexity index is 602. The van der Waals surface area contributed by atoms with Crippen molar-refractivity contribution in [3.05, 3.63) is 46.2 Å². The van der Waals surface area contributed by atoms with Crippen molar-refractivity contribution in [3.63, 3.8) is 0 Å². The summed E-state index contributed by atoms with van der Waals surface area (Å²) in [7, 11) is 0. The maximum Gasteiger partial charge on any atom is 0.336 e. The Kier molecular flexibility index (Phi) is 4.97. The standard InChI is InChI=1S/C13H11F2NO2S2/c14-13(15)20-11-4-2-1-3-10(11)16-6-9-5-8(7-19-9)12(17)18/h1-5,7,13,16H,6H2,(H,17,18). The number of alkyl halides is 2. The third-order valence-corrected chi connectivity index (χ3v) is 4.18. The van der Waals surface area contributed by atoms with Crippen LogP contribution in [0.3, 0.4) is 0 Å². The Morgan fingerprint density at radius 2 is 2.15 bits per heavy atom. The summed E-state index contributed by atoms with van der Waals surface area (Å²) in [6.07, 6.45) is 0. The highest BCUT2D eigenvalue weighted by Crippen LogP contribution is 2.32. The first-order chi connectivity index (χ1) is 9.56. The number of anilines is 1. The van der Waals surface area contributed by atoms with Gasteiger partial charge < -0.3 is 10.4 Å². The lowest BCUT2D eigenvalue weighted by Crippen LogP contribution is -2.00. The van der Waals surface area contributed by atoms with E-state index in [2.05, 4.69) is 5.32 Å². The number of carboxylic acids is 1. The summed E-state index contributed by atoms with van der Waals surface area (Å²) in [5, 5.41) is 13.4. The van der Waals surface area contributed by atoms with Crippen molar-refractivity contribution in [2.45, 2.75) is 17.2 Å². The van der Waals surface area contributed by atoms with E-state index in [0.29, 0.717) is 28.9 Å². The van der Waals surface area contributed by atoms with Gasteiger partial charge in [0, 0.05) is 27.4 Å². The Hall–Kier alpha value is -1.60. The highest BCUT2D eigenvalue weighted by Gasteiger charge is 2.10. The van der Waals surface area contributed by atoms with E-state index >= 15 is 0 Å². The predicted octanol–water partition coefficient (Wildman–Crippen LogP) is 4.37. The second kappa shape index (κ2) is 6.71. The summed E-state index contributed by atoms with van der Waals surface area (Å²) in [4.78, 5) is 12.1. The first kappa shape index (κ1) is 14.8. The molecule has 1 aromatic carbocycles. The minimum atomic E-state index is -2.47. The van der Waals surface area contributed by atoms with Gasteiger partial charge in [-0.3, -0.25) is 0 Å². The van der Waals surface area contributed by atoms with Gasteiger partial charge in [-0.1, -0.05) is 23.9 Å². The SMILES string of the molecule is O=C(O)c1csc(CNc2ccccc2SC(F)F)c1. The number of carbonyl (C=O) groups is 1. The molecule has 20 heavy (non-hydrogen) atoms. The molecular weight excluding hydrogens is 304 g/mol. The smallest absolute Gasteiger partial charge is 0.336 e. The Morgan fingerprint density at radius 3 is 2.80 bits per heavy atom. The van der Waals surface area contributed by atoms with E-state index < -0.39 is 11.7 Å². The van der Waals surface area contributed by atoms with Gasteiger partial charge in [-0.05, 0) is 18.2 Å². The first-order valence-corrected chi connectivity index (χ1v) is 7.40. The highest BCUT2D eigenvalue weighted by molar-refractivity contribution is 7.99. The van der Waals surface area contributed by atoms with Crippen LogP contribution in [0.25, 0.3) is 0 Å². The van der Waals surface area contributed by atoms with Crippen LogP contribution in [-0.4, -0.2) is 16.8 Å². The van der Waals surface area contributed by atoms with Crippen molar-refractivity contribution in [1.82, 2.24) is 0 Å². The van der Waals surface area contributed by atoms with Crippen LogP contribution in [0.4, 0.5) is 14.5 Å². The number of halogens is 2. The van der Waals surface area contributed by atoms with Crippen LogP contribution in [0.15, 0.2) is 40.6 Å². The Labute approximate surface area is 122 Å². The number of nitrogens with one attached hydrogen (secondary N) is 1. The number of para-hydroxylation sites is 1. The van der Waals surface area contributed by atoms with Gasteiger partial charge in [0.25, 0.3) is 5.76 Å². The minimum Gasteiger partial charge on any atom is -0.478 e. The van der Waals surface area contributed by atoms with Crippen LogP contribution in [-0.2, 0) is 6.54 Å². The topological polar surface area (TPSA) is 49.3 Å². The molecule has 0 aliphatic heterocycles. The molecule has 7 heteroatoms. The molecule has 0 saturated heterocycles. The fraction of sp³-hybridized carbons (Fsp3) is 0.154. The van der Waals surface area contributed by atoms with Crippen LogP contribution in [0.1, 0.15) is 15.2 Å². The normalized spacial score (nSPS) is 10.8. The third-order valence-electron chi connectivity index (χ3n) is 2.46. The zero-order valence-electron chi connectivity index (χ0n) is 10.2. The number of hydrogen-bond acceptors (Lipinski definition) is 4. The van der Waals surface area contributed by atoms with Crippen molar-refractivity contribution in [3.8, 4) is 0 Å². The fourth-order valence-electron chi connectivity index (χ4n) is 1.58. The molecule has 2 aromatic rings. The predicted molar refractivity (Wildman–Crippen MR) is 76.9 cm³/mol. The van der Waals surface area contributed by atoms with Gasteiger partial charge in [0.2, 0.25) is 0 Å². The van der Waals surface area contributed by atoms with Crippen LogP contribution in [0, 0.1) is 0 Å². The Morgan fingerprint density at radius 1 is 1.40 bits per heavy atom. The lowest BCUT2D eigenvalue weighted by Gasteiger charge is -2.10. The molecule has 106 valence electrons. The second-order valence-corrected chi connectivity index (χ2v) is 5.86. The quantitative estimate of drug-likeness (QED) is 0.777. The monoisotopic (exact) mass is 315 g/mol. The van der Waals surface area contributed by atoms with E-state index in [1.54, 1.807) is 35.7 Å². The average molecular weight is 315 g/mol. The number of aromatic carboxylic acids is 1. The molecular formula is C13H11F2NO2S2. The van der Waals surface area contributed by atoms with Crippen LogP contribution < -0.4 is 5.32 Å². The molecule has 0 fully saturated rings. The third kappa shape index (κ3) is 3.94. The van der Waals surface area contributed by atoms with Gasteiger partial charge in [-0.2, -0.15) is 8.78 Å².